The molecule has 0 aliphatic rings. The van der Waals surface area contributed by atoms with E-state index >= 15 is 0 Å². The van der Waals surface area contributed by atoms with Gasteiger partial charge in [-0.1, -0.05) is 6.07 Å². The van der Waals surface area contributed by atoms with Crippen molar-refractivity contribution in [2.75, 3.05) is 0 Å². The summed E-state index contributed by atoms with van der Waals surface area (Å²) in [5.41, 5.74) is 0.687. The molecule has 8 nitrogen and oxygen atoms in total. The molecule has 0 bridgehead atoms. The van der Waals surface area contributed by atoms with Gasteiger partial charge in [0, 0.05) is 6.20 Å². The first-order valence-electron chi connectivity index (χ1n) is 5.04. The van der Waals surface area contributed by atoms with Gasteiger partial charge in [-0.15, -0.1) is 0 Å². The quantitative estimate of drug-likeness (QED) is 0.608. The van der Waals surface area contributed by atoms with E-state index in [1.165, 1.54) is 0 Å². The maximum Gasteiger partial charge on any atom is 0.341 e. The predicted molar refractivity (Wildman–Crippen MR) is 60.6 cm³/mol. The lowest BCUT2D eigenvalue weighted by atomic mass is 10.3. The number of rotatable bonds is 4. The largest absolute Gasteiger partial charge is 0.358 e. The van der Waals surface area contributed by atoms with Crippen molar-refractivity contribution >= 4 is 11.7 Å². The minimum Gasteiger partial charge on any atom is -0.358 e. The van der Waals surface area contributed by atoms with Crippen molar-refractivity contribution in [2.24, 2.45) is 0 Å². The lowest BCUT2D eigenvalue weighted by Gasteiger charge is -2.00. The third kappa shape index (κ3) is 2.67. The molecule has 0 atom stereocenters. The van der Waals surface area contributed by atoms with Gasteiger partial charge in [-0.2, -0.15) is 0 Å². The standard InChI is InChI=1S/C10H9N5O3/c16-10(9-12-6-8(14-9)15(17)18)13-5-7-3-1-2-4-11-7/h1-4,6H,5H2,(H,12,14)(H,13,16). The van der Waals surface area contributed by atoms with Gasteiger partial charge in [0.25, 0.3) is 5.82 Å². The highest BCUT2D eigenvalue weighted by molar-refractivity contribution is 5.90. The van der Waals surface area contributed by atoms with Gasteiger partial charge in [-0.05, 0) is 17.1 Å². The minimum absolute atomic E-state index is 0.0994. The van der Waals surface area contributed by atoms with Crippen molar-refractivity contribution in [2.45, 2.75) is 6.54 Å². The maximum absolute atomic E-state index is 11.6. The minimum atomic E-state index is -0.650. The van der Waals surface area contributed by atoms with Gasteiger partial charge in [0.1, 0.15) is 6.20 Å². The Hall–Kier alpha value is -2.77. The van der Waals surface area contributed by atoms with E-state index in [1.807, 2.05) is 0 Å². The molecule has 0 aliphatic heterocycles. The predicted octanol–water partition coefficient (Wildman–Crippen LogP) is 0.643. The molecular formula is C10H9N5O3. The van der Waals surface area contributed by atoms with Crippen LogP contribution in [-0.2, 0) is 6.54 Å². The summed E-state index contributed by atoms with van der Waals surface area (Å²) in [5, 5.41) is 13.0. The number of H-pyrrole nitrogens is 1. The Labute approximate surface area is 101 Å². The molecule has 2 aromatic heterocycles. The van der Waals surface area contributed by atoms with Crippen LogP contribution in [0.3, 0.4) is 0 Å². The van der Waals surface area contributed by atoms with E-state index in [2.05, 4.69) is 20.3 Å². The first-order chi connectivity index (χ1) is 8.66. The fourth-order valence-corrected chi connectivity index (χ4v) is 1.28. The Morgan fingerprint density at radius 1 is 1.44 bits per heavy atom. The van der Waals surface area contributed by atoms with E-state index in [0.29, 0.717) is 5.69 Å². The van der Waals surface area contributed by atoms with E-state index in [0.717, 1.165) is 6.20 Å². The molecule has 0 aromatic carbocycles. The number of aromatic amines is 1. The topological polar surface area (TPSA) is 114 Å². The number of nitrogens with zero attached hydrogens (tertiary/aromatic N) is 3. The summed E-state index contributed by atoms with van der Waals surface area (Å²) in [5.74, 6) is -0.940. The number of nitrogens with one attached hydrogen (secondary N) is 2. The molecule has 0 saturated carbocycles. The van der Waals surface area contributed by atoms with E-state index in [-0.39, 0.29) is 18.2 Å². The van der Waals surface area contributed by atoms with Crippen LogP contribution in [0.2, 0.25) is 0 Å². The smallest absolute Gasteiger partial charge is 0.341 e. The van der Waals surface area contributed by atoms with Crippen LogP contribution in [0.5, 0.6) is 0 Å². The van der Waals surface area contributed by atoms with E-state index in [1.54, 1.807) is 24.4 Å². The zero-order valence-electron chi connectivity index (χ0n) is 9.16. The Morgan fingerprint density at radius 3 is 2.89 bits per heavy atom. The molecule has 0 radical (unpaired) electrons. The molecule has 92 valence electrons. The Morgan fingerprint density at radius 2 is 2.28 bits per heavy atom. The number of hydrogen-bond donors (Lipinski definition) is 2. The molecule has 2 heterocycles. The summed E-state index contributed by atoms with van der Waals surface area (Å²) < 4.78 is 0. The van der Waals surface area contributed by atoms with Gasteiger partial charge in [0.05, 0.1) is 12.2 Å². The number of imidazole rings is 1. The SMILES string of the molecule is O=C(NCc1ccccn1)c1ncc([N+](=O)[O-])[nH]1. The number of hydrogen-bond acceptors (Lipinski definition) is 5. The van der Waals surface area contributed by atoms with Crippen LogP contribution in [0.4, 0.5) is 5.82 Å². The molecule has 0 spiro atoms. The van der Waals surface area contributed by atoms with Gasteiger partial charge in [0.2, 0.25) is 0 Å². The van der Waals surface area contributed by atoms with Crippen molar-refractivity contribution in [1.82, 2.24) is 20.3 Å². The van der Waals surface area contributed by atoms with Gasteiger partial charge in [-0.3, -0.25) is 9.78 Å². The first-order valence-corrected chi connectivity index (χ1v) is 5.04. The van der Waals surface area contributed by atoms with Crippen LogP contribution in [0.15, 0.2) is 30.6 Å². The lowest BCUT2D eigenvalue weighted by molar-refractivity contribution is -0.389. The summed E-state index contributed by atoms with van der Waals surface area (Å²) in [6, 6.07) is 5.32. The second-order valence-electron chi connectivity index (χ2n) is 3.38. The fourth-order valence-electron chi connectivity index (χ4n) is 1.28. The third-order valence-corrected chi connectivity index (χ3v) is 2.13. The van der Waals surface area contributed by atoms with Crippen LogP contribution in [0.25, 0.3) is 0 Å². The third-order valence-electron chi connectivity index (χ3n) is 2.13. The highest BCUT2D eigenvalue weighted by Crippen LogP contribution is 2.05. The van der Waals surface area contributed by atoms with Crippen molar-refractivity contribution in [1.29, 1.82) is 0 Å². The van der Waals surface area contributed by atoms with Crippen LogP contribution < -0.4 is 5.32 Å². The Bertz CT molecular complexity index is 566. The van der Waals surface area contributed by atoms with E-state index in [4.69, 9.17) is 0 Å². The van der Waals surface area contributed by atoms with Gasteiger partial charge in [0.15, 0.2) is 0 Å². The molecule has 18 heavy (non-hydrogen) atoms. The number of pyridine rings is 1. The van der Waals surface area contributed by atoms with Gasteiger partial charge >= 0.3 is 11.7 Å². The summed E-state index contributed by atoms with van der Waals surface area (Å²) in [6.45, 7) is 0.230. The van der Waals surface area contributed by atoms with Crippen LogP contribution >= 0.6 is 0 Å². The molecule has 2 N–H and O–H groups in total. The van der Waals surface area contributed by atoms with E-state index < -0.39 is 10.8 Å². The van der Waals surface area contributed by atoms with Crippen LogP contribution in [0.1, 0.15) is 16.3 Å². The second-order valence-corrected chi connectivity index (χ2v) is 3.38. The average molecular weight is 247 g/mol. The number of aromatic nitrogens is 3. The average Bonchev–Trinajstić information content (AvgIpc) is 2.87. The summed E-state index contributed by atoms with van der Waals surface area (Å²) in [6.07, 6.45) is 2.61. The normalized spacial score (nSPS) is 10.0. The van der Waals surface area contributed by atoms with Crippen molar-refractivity contribution in [3.63, 3.8) is 0 Å². The van der Waals surface area contributed by atoms with Crippen molar-refractivity contribution in [3.05, 3.63) is 52.2 Å². The number of carbonyl (C=O) groups is 1. The van der Waals surface area contributed by atoms with Crippen LogP contribution in [0, 0.1) is 10.1 Å². The van der Waals surface area contributed by atoms with Gasteiger partial charge < -0.3 is 15.4 Å². The summed E-state index contributed by atoms with van der Waals surface area (Å²) >= 11 is 0. The van der Waals surface area contributed by atoms with Crippen molar-refractivity contribution in [3.8, 4) is 0 Å². The molecule has 0 fully saturated rings. The van der Waals surface area contributed by atoms with E-state index in [9.17, 15) is 14.9 Å². The number of nitro groups is 1. The maximum atomic E-state index is 11.6. The lowest BCUT2D eigenvalue weighted by Crippen LogP contribution is -2.24. The van der Waals surface area contributed by atoms with Gasteiger partial charge in [-0.25, -0.2) is 9.97 Å². The highest BCUT2D eigenvalue weighted by Gasteiger charge is 2.16. The molecule has 0 saturated heterocycles. The molecular weight excluding hydrogens is 238 g/mol. The van der Waals surface area contributed by atoms with Crippen LogP contribution in [-0.4, -0.2) is 25.8 Å². The Kier molecular flexibility index (Phi) is 3.28. The summed E-state index contributed by atoms with van der Waals surface area (Å²) in [7, 11) is 0. The summed E-state index contributed by atoms with van der Waals surface area (Å²) in [4.78, 5) is 31.3. The number of amides is 1. The van der Waals surface area contributed by atoms with Crippen molar-refractivity contribution < 1.29 is 9.72 Å². The second kappa shape index (κ2) is 5.04. The molecule has 0 aliphatic carbocycles. The molecule has 1 amide bonds. The Balaban J connectivity index is 1.97. The number of carbonyl (C=O) groups excluding carboxylic acids is 1. The monoisotopic (exact) mass is 247 g/mol. The fraction of sp³-hybridized carbons (Fsp3) is 0.100. The zero-order valence-corrected chi connectivity index (χ0v) is 9.16. The molecule has 0 unspecified atom stereocenters. The molecule has 2 rings (SSSR count). The molecule has 8 heteroatoms. The molecule has 2 aromatic rings. The first kappa shape index (κ1) is 11.7. The zero-order chi connectivity index (χ0) is 13.0. The highest BCUT2D eigenvalue weighted by atomic mass is 16.6.